The predicted octanol–water partition coefficient (Wildman–Crippen LogP) is 7.06. The summed E-state index contributed by atoms with van der Waals surface area (Å²) >= 11 is 0. The average molecular weight is 369 g/mol. The SMILES string of the molecule is CC(C)c1nc(/C=C/c2ccccc2)c(C(C)C)nc1/C=C/c1ccccc1. The minimum Gasteiger partial charge on any atom is -0.249 e. The molecule has 142 valence electrons. The van der Waals surface area contributed by atoms with Crippen LogP contribution in [0.15, 0.2) is 60.7 Å². The van der Waals surface area contributed by atoms with E-state index in [1.54, 1.807) is 0 Å². The Morgan fingerprint density at radius 2 is 0.893 bits per heavy atom. The Morgan fingerprint density at radius 3 is 1.21 bits per heavy atom. The van der Waals surface area contributed by atoms with Gasteiger partial charge >= 0.3 is 0 Å². The number of nitrogens with zero attached hydrogens (tertiary/aromatic N) is 2. The molecule has 0 bridgehead atoms. The molecule has 0 saturated carbocycles. The zero-order valence-corrected chi connectivity index (χ0v) is 17.1. The van der Waals surface area contributed by atoms with Crippen LogP contribution >= 0.6 is 0 Å². The Morgan fingerprint density at radius 1 is 0.536 bits per heavy atom. The molecule has 2 heteroatoms. The predicted molar refractivity (Wildman–Crippen MR) is 121 cm³/mol. The molecular weight excluding hydrogens is 340 g/mol. The zero-order chi connectivity index (χ0) is 19.9. The molecule has 0 aliphatic carbocycles. The van der Waals surface area contributed by atoms with Gasteiger partial charge in [0.15, 0.2) is 0 Å². The highest BCUT2D eigenvalue weighted by Gasteiger charge is 2.15. The van der Waals surface area contributed by atoms with Crippen molar-refractivity contribution in [3.05, 3.63) is 94.6 Å². The first kappa shape index (κ1) is 19.8. The molecule has 0 amide bonds. The van der Waals surface area contributed by atoms with Gasteiger partial charge in [-0.15, -0.1) is 0 Å². The molecule has 3 aromatic rings. The smallest absolute Gasteiger partial charge is 0.0851 e. The molecule has 2 aromatic carbocycles. The van der Waals surface area contributed by atoms with Gasteiger partial charge in [0, 0.05) is 0 Å². The maximum absolute atomic E-state index is 5.02. The summed E-state index contributed by atoms with van der Waals surface area (Å²) in [5.74, 6) is 0.598. The van der Waals surface area contributed by atoms with E-state index in [1.165, 1.54) is 0 Å². The van der Waals surface area contributed by atoms with Crippen LogP contribution in [-0.4, -0.2) is 9.97 Å². The summed E-state index contributed by atoms with van der Waals surface area (Å²) in [6.07, 6.45) is 8.40. The summed E-state index contributed by atoms with van der Waals surface area (Å²) in [4.78, 5) is 10.0. The fraction of sp³-hybridized carbons (Fsp3) is 0.231. The highest BCUT2D eigenvalue weighted by atomic mass is 14.9. The monoisotopic (exact) mass is 368 g/mol. The van der Waals surface area contributed by atoms with Crippen LogP contribution in [0.4, 0.5) is 0 Å². The van der Waals surface area contributed by atoms with E-state index in [1.807, 2.05) is 36.4 Å². The number of hydrogen-bond donors (Lipinski definition) is 0. The van der Waals surface area contributed by atoms with E-state index < -0.39 is 0 Å². The Hall–Kier alpha value is -3.00. The molecule has 0 aliphatic rings. The third kappa shape index (κ3) is 5.04. The lowest BCUT2D eigenvalue weighted by Crippen LogP contribution is -2.08. The van der Waals surface area contributed by atoms with E-state index in [4.69, 9.17) is 9.97 Å². The van der Waals surface area contributed by atoms with Crippen molar-refractivity contribution < 1.29 is 0 Å². The summed E-state index contributed by atoms with van der Waals surface area (Å²) in [5.41, 5.74) is 6.31. The molecule has 0 radical (unpaired) electrons. The van der Waals surface area contributed by atoms with Gasteiger partial charge < -0.3 is 0 Å². The Balaban J connectivity index is 2.03. The largest absolute Gasteiger partial charge is 0.249 e. The van der Waals surface area contributed by atoms with Gasteiger partial charge in [0.05, 0.1) is 22.8 Å². The second-order valence-electron chi connectivity index (χ2n) is 7.56. The van der Waals surface area contributed by atoms with Crippen molar-refractivity contribution in [3.8, 4) is 0 Å². The fourth-order valence-corrected chi connectivity index (χ4v) is 3.06. The summed E-state index contributed by atoms with van der Waals surface area (Å²) in [6, 6.07) is 20.6. The molecule has 0 saturated heterocycles. The zero-order valence-electron chi connectivity index (χ0n) is 17.1. The Labute approximate surface area is 168 Å². The summed E-state index contributed by atoms with van der Waals surface area (Å²) in [5, 5.41) is 0. The van der Waals surface area contributed by atoms with Crippen LogP contribution in [-0.2, 0) is 0 Å². The van der Waals surface area contributed by atoms with Gasteiger partial charge in [-0.3, -0.25) is 0 Å². The molecule has 0 unspecified atom stereocenters. The van der Waals surface area contributed by atoms with Crippen molar-refractivity contribution in [2.24, 2.45) is 0 Å². The second-order valence-corrected chi connectivity index (χ2v) is 7.56. The van der Waals surface area contributed by atoms with Crippen molar-refractivity contribution in [3.63, 3.8) is 0 Å². The van der Waals surface area contributed by atoms with Gasteiger partial charge in [-0.2, -0.15) is 0 Å². The molecule has 0 aliphatic heterocycles. The maximum Gasteiger partial charge on any atom is 0.0851 e. The number of hydrogen-bond acceptors (Lipinski definition) is 2. The second kappa shape index (κ2) is 9.27. The van der Waals surface area contributed by atoms with Crippen molar-refractivity contribution in [1.29, 1.82) is 0 Å². The Kier molecular flexibility index (Phi) is 6.54. The van der Waals surface area contributed by atoms with Crippen molar-refractivity contribution in [2.45, 2.75) is 39.5 Å². The molecule has 0 N–H and O–H groups in total. The quantitative estimate of drug-likeness (QED) is 0.465. The third-order valence-electron chi connectivity index (χ3n) is 4.57. The van der Waals surface area contributed by atoms with Gasteiger partial charge in [0.1, 0.15) is 0 Å². The highest BCUT2D eigenvalue weighted by molar-refractivity contribution is 5.72. The van der Waals surface area contributed by atoms with Crippen LogP contribution in [0, 0.1) is 0 Å². The maximum atomic E-state index is 5.02. The van der Waals surface area contributed by atoms with Crippen molar-refractivity contribution in [2.75, 3.05) is 0 Å². The molecule has 1 aromatic heterocycles. The first-order chi connectivity index (χ1) is 13.5. The van der Waals surface area contributed by atoms with E-state index in [2.05, 4.69) is 76.3 Å². The van der Waals surface area contributed by atoms with E-state index in [-0.39, 0.29) is 0 Å². The molecular formula is C26H28N2. The van der Waals surface area contributed by atoms with Crippen LogP contribution < -0.4 is 0 Å². The average Bonchev–Trinajstić information content (AvgIpc) is 2.71. The molecule has 0 spiro atoms. The van der Waals surface area contributed by atoms with Crippen molar-refractivity contribution >= 4 is 24.3 Å². The minimum absolute atomic E-state index is 0.299. The van der Waals surface area contributed by atoms with E-state index in [0.717, 1.165) is 33.9 Å². The Bertz CT molecular complexity index is 871. The summed E-state index contributed by atoms with van der Waals surface area (Å²) < 4.78 is 0. The number of rotatable bonds is 6. The molecule has 0 atom stereocenters. The third-order valence-corrected chi connectivity index (χ3v) is 4.57. The van der Waals surface area contributed by atoms with Crippen LogP contribution in [0.5, 0.6) is 0 Å². The lowest BCUT2D eigenvalue weighted by atomic mass is 10.0. The van der Waals surface area contributed by atoms with E-state index in [9.17, 15) is 0 Å². The summed E-state index contributed by atoms with van der Waals surface area (Å²) in [6.45, 7) is 8.68. The summed E-state index contributed by atoms with van der Waals surface area (Å²) in [7, 11) is 0. The van der Waals surface area contributed by atoms with Gasteiger partial charge in [0.25, 0.3) is 0 Å². The van der Waals surface area contributed by atoms with E-state index >= 15 is 0 Å². The lowest BCUT2D eigenvalue weighted by Gasteiger charge is -2.15. The molecule has 3 rings (SSSR count). The van der Waals surface area contributed by atoms with Crippen LogP contribution in [0.2, 0.25) is 0 Å². The normalized spacial score (nSPS) is 11.9. The van der Waals surface area contributed by atoms with Gasteiger partial charge in [-0.1, -0.05) is 101 Å². The van der Waals surface area contributed by atoms with Crippen molar-refractivity contribution in [1.82, 2.24) is 9.97 Å². The van der Waals surface area contributed by atoms with Crippen LogP contribution in [0.1, 0.15) is 73.4 Å². The molecule has 1 heterocycles. The van der Waals surface area contributed by atoms with Crippen LogP contribution in [0.3, 0.4) is 0 Å². The molecule has 0 fully saturated rings. The molecule has 28 heavy (non-hydrogen) atoms. The van der Waals surface area contributed by atoms with Crippen LogP contribution in [0.25, 0.3) is 24.3 Å². The van der Waals surface area contributed by atoms with Gasteiger partial charge in [-0.25, -0.2) is 9.97 Å². The van der Waals surface area contributed by atoms with Gasteiger partial charge in [0.2, 0.25) is 0 Å². The standard InChI is InChI=1S/C26H28N2/c1-19(2)25-23(17-15-21-11-7-5-8-12-21)28-26(20(3)4)24(27-25)18-16-22-13-9-6-10-14-22/h5-20H,1-4H3/b17-15+,18-16+. The number of benzene rings is 2. The van der Waals surface area contributed by atoms with Gasteiger partial charge in [-0.05, 0) is 35.1 Å². The van der Waals surface area contributed by atoms with E-state index in [0.29, 0.717) is 11.8 Å². The first-order valence-corrected chi connectivity index (χ1v) is 9.92. The fourth-order valence-electron chi connectivity index (χ4n) is 3.06. The highest BCUT2D eigenvalue weighted by Crippen LogP contribution is 2.25. The lowest BCUT2D eigenvalue weighted by molar-refractivity contribution is 0.758. The topological polar surface area (TPSA) is 25.8 Å². The first-order valence-electron chi connectivity index (χ1n) is 9.92. The molecule has 2 nitrogen and oxygen atoms in total. The number of aromatic nitrogens is 2. The minimum atomic E-state index is 0.299.